The maximum atomic E-state index is 5.70. The Balaban J connectivity index is 3.22. The predicted octanol–water partition coefficient (Wildman–Crippen LogP) is 4.04. The van der Waals surface area contributed by atoms with Gasteiger partial charge in [-0.2, -0.15) is 0 Å². The first-order valence-electron chi connectivity index (χ1n) is 3.51. The van der Waals surface area contributed by atoms with Gasteiger partial charge in [0, 0.05) is 0 Å². The number of hydrogen-bond donors (Lipinski definition) is 0. The first-order valence-corrected chi connectivity index (χ1v) is 7.97. The molecule has 0 radical (unpaired) electrons. The summed E-state index contributed by atoms with van der Waals surface area (Å²) in [7, 11) is 11.4. The van der Waals surface area contributed by atoms with Crippen molar-refractivity contribution in [3.8, 4) is 0 Å². The quantitative estimate of drug-likeness (QED) is 0.703. The molecule has 12 heavy (non-hydrogen) atoms. The van der Waals surface area contributed by atoms with E-state index >= 15 is 0 Å². The van der Waals surface area contributed by atoms with Crippen LogP contribution in [0.25, 0.3) is 0 Å². The van der Waals surface area contributed by atoms with Crippen LogP contribution in [0.5, 0.6) is 0 Å². The number of rotatable bonds is 1. The molecule has 4 heteroatoms. The van der Waals surface area contributed by atoms with E-state index in [0.717, 1.165) is 16.8 Å². The monoisotopic (exact) mass is 240 g/mol. The molecule has 0 aliphatic rings. The summed E-state index contributed by atoms with van der Waals surface area (Å²) in [5.74, 6) is 0. The van der Waals surface area contributed by atoms with E-state index in [1.54, 1.807) is 0 Å². The average Bonchev–Trinajstić information content (AvgIpc) is 1.97. The Bertz CT molecular complexity index is 299. The summed E-state index contributed by atoms with van der Waals surface area (Å²) in [5, 5.41) is 0. The van der Waals surface area contributed by atoms with Gasteiger partial charge < -0.3 is 0 Å². The minimum atomic E-state index is -1.94. The number of aryl methyl sites for hydroxylation is 2. The van der Waals surface area contributed by atoms with Crippen molar-refractivity contribution in [3.05, 3.63) is 29.3 Å². The Labute approximate surface area is 85.3 Å². The average molecular weight is 241 g/mol. The standard InChI is InChI=1S/C8H9N.2ClH.V/c1-6-4-3-5-7(2)8(6)9;;;/h3-5H,1-2H3;2*1H;/q;;;+2/p-2. The molecular weight excluding hydrogens is 232 g/mol. The van der Waals surface area contributed by atoms with Crippen LogP contribution in [-0.2, 0) is 13.1 Å². The molecule has 1 aromatic rings. The number of hydrogen-bond acceptors (Lipinski definition) is 1. The molecule has 0 saturated heterocycles. The van der Waals surface area contributed by atoms with Gasteiger partial charge in [-0.15, -0.1) is 0 Å². The van der Waals surface area contributed by atoms with Crippen molar-refractivity contribution < 1.29 is 13.1 Å². The molecule has 65 valence electrons. The summed E-state index contributed by atoms with van der Waals surface area (Å²) in [6.45, 7) is 4.02. The zero-order valence-corrected chi connectivity index (χ0v) is 9.79. The fraction of sp³-hybridized carbons (Fsp3) is 0.250. The van der Waals surface area contributed by atoms with Gasteiger partial charge in [0.1, 0.15) is 0 Å². The van der Waals surface area contributed by atoms with E-state index < -0.39 is 13.1 Å². The fourth-order valence-corrected chi connectivity index (χ4v) is 2.39. The van der Waals surface area contributed by atoms with Gasteiger partial charge in [-0.3, -0.25) is 0 Å². The Morgan fingerprint density at radius 2 is 1.67 bits per heavy atom. The molecule has 1 nitrogen and oxygen atoms in total. The van der Waals surface area contributed by atoms with Crippen molar-refractivity contribution in [3.63, 3.8) is 0 Å². The molecule has 0 atom stereocenters. The van der Waals surface area contributed by atoms with Crippen LogP contribution in [0, 0.1) is 13.8 Å². The topological polar surface area (TPSA) is 12.4 Å². The van der Waals surface area contributed by atoms with Crippen LogP contribution >= 0.6 is 19.7 Å². The molecule has 0 aliphatic heterocycles. The Morgan fingerprint density at radius 1 is 1.17 bits per heavy atom. The number of nitrogens with zero attached hydrogens (tertiary/aromatic N) is 1. The van der Waals surface area contributed by atoms with Crippen molar-refractivity contribution >= 4 is 25.4 Å². The third kappa shape index (κ3) is 2.60. The second kappa shape index (κ2) is 4.43. The van der Waals surface area contributed by atoms with E-state index in [4.69, 9.17) is 19.7 Å². The van der Waals surface area contributed by atoms with Crippen LogP contribution in [0.2, 0.25) is 0 Å². The molecule has 0 bridgehead atoms. The van der Waals surface area contributed by atoms with Gasteiger partial charge in [0.25, 0.3) is 0 Å². The van der Waals surface area contributed by atoms with Gasteiger partial charge in [-0.1, -0.05) is 0 Å². The summed E-state index contributed by atoms with van der Waals surface area (Å²) in [4.78, 5) is 0. The first-order chi connectivity index (χ1) is 5.61. The maximum absolute atomic E-state index is 5.70. The number of halogens is 2. The van der Waals surface area contributed by atoms with E-state index in [1.165, 1.54) is 0 Å². The first kappa shape index (κ1) is 10.3. The molecule has 0 fully saturated rings. The molecule has 0 heterocycles. The van der Waals surface area contributed by atoms with Crippen molar-refractivity contribution in [2.45, 2.75) is 13.8 Å². The van der Waals surface area contributed by atoms with E-state index in [-0.39, 0.29) is 0 Å². The molecule has 0 saturated carbocycles. The van der Waals surface area contributed by atoms with Crippen LogP contribution in [0.1, 0.15) is 11.1 Å². The van der Waals surface area contributed by atoms with E-state index in [2.05, 4.69) is 3.79 Å². The van der Waals surface area contributed by atoms with Crippen LogP contribution in [-0.4, -0.2) is 0 Å². The van der Waals surface area contributed by atoms with Gasteiger partial charge in [0.15, 0.2) is 0 Å². The molecule has 0 amide bonds. The van der Waals surface area contributed by atoms with E-state index in [9.17, 15) is 0 Å². The second-order valence-corrected chi connectivity index (χ2v) is 6.89. The Morgan fingerprint density at radius 3 is 2.08 bits per heavy atom. The third-order valence-electron chi connectivity index (χ3n) is 1.62. The summed E-state index contributed by atoms with van der Waals surface area (Å²) in [5.41, 5.74) is 3.23. The molecule has 0 spiro atoms. The molecule has 0 aliphatic carbocycles. The summed E-state index contributed by atoms with van der Waals surface area (Å²) in [6, 6.07) is 6.03. The summed E-state index contributed by atoms with van der Waals surface area (Å²) >= 11 is -1.94. The zero-order chi connectivity index (χ0) is 9.14. The molecule has 1 rings (SSSR count). The summed E-state index contributed by atoms with van der Waals surface area (Å²) in [6.07, 6.45) is 0. The Hall–Kier alpha value is 0.184. The van der Waals surface area contributed by atoms with Crippen molar-refractivity contribution in [2.75, 3.05) is 0 Å². The Kier molecular flexibility index (Phi) is 3.79. The SMILES string of the molecule is Cc1cccc(C)c1[N]=[V]([Cl])[Cl]. The molecule has 0 unspecified atom stereocenters. The molecular formula is C8H9Cl2NV. The van der Waals surface area contributed by atoms with Gasteiger partial charge in [-0.25, -0.2) is 0 Å². The number of benzene rings is 1. The minimum absolute atomic E-state index is 0.961. The van der Waals surface area contributed by atoms with Crippen LogP contribution in [0.4, 0.5) is 5.69 Å². The molecule has 0 aromatic heterocycles. The summed E-state index contributed by atoms with van der Waals surface area (Å²) < 4.78 is 4.24. The predicted molar refractivity (Wildman–Crippen MR) is 49.7 cm³/mol. The van der Waals surface area contributed by atoms with Crippen LogP contribution in [0.3, 0.4) is 0 Å². The van der Waals surface area contributed by atoms with Crippen molar-refractivity contribution in [1.82, 2.24) is 0 Å². The molecule has 1 aromatic carbocycles. The van der Waals surface area contributed by atoms with Crippen LogP contribution in [0.15, 0.2) is 22.0 Å². The normalized spacial score (nSPS) is 9.67. The zero-order valence-electron chi connectivity index (χ0n) is 6.88. The van der Waals surface area contributed by atoms with Crippen molar-refractivity contribution in [2.24, 2.45) is 3.79 Å². The van der Waals surface area contributed by atoms with Crippen LogP contribution < -0.4 is 0 Å². The fourth-order valence-electron chi connectivity index (χ4n) is 1.04. The van der Waals surface area contributed by atoms with E-state index in [1.807, 2.05) is 32.0 Å². The van der Waals surface area contributed by atoms with Gasteiger partial charge in [0.2, 0.25) is 0 Å². The van der Waals surface area contributed by atoms with E-state index in [0.29, 0.717) is 0 Å². The molecule has 0 N–H and O–H groups in total. The third-order valence-corrected chi connectivity index (χ3v) is 2.79. The van der Waals surface area contributed by atoms with Gasteiger partial charge >= 0.3 is 85.4 Å². The second-order valence-electron chi connectivity index (χ2n) is 2.56. The van der Waals surface area contributed by atoms with Gasteiger partial charge in [-0.05, 0) is 0 Å². The van der Waals surface area contributed by atoms with Crippen molar-refractivity contribution in [1.29, 1.82) is 0 Å². The van der Waals surface area contributed by atoms with Gasteiger partial charge in [0.05, 0.1) is 0 Å².